The molecule has 1 fully saturated rings. The number of nitrogens with one attached hydrogen (secondary N) is 1. The maximum Gasteiger partial charge on any atom is 0.317 e. The fourth-order valence-electron chi connectivity index (χ4n) is 2.89. The van der Waals surface area contributed by atoms with E-state index in [1.807, 2.05) is 4.90 Å². The van der Waals surface area contributed by atoms with Gasteiger partial charge in [0.1, 0.15) is 0 Å². The van der Waals surface area contributed by atoms with Crippen molar-refractivity contribution in [2.75, 3.05) is 26.2 Å². The number of hydrogen-bond donors (Lipinski definition) is 1. The van der Waals surface area contributed by atoms with E-state index < -0.39 is 0 Å². The second-order valence-electron chi connectivity index (χ2n) is 6.35. The molecule has 0 aromatic carbocycles. The summed E-state index contributed by atoms with van der Waals surface area (Å²) in [6.07, 6.45) is 2.39. The van der Waals surface area contributed by atoms with Gasteiger partial charge in [-0.3, -0.25) is 4.90 Å². The number of rotatable bonds is 5. The molecule has 0 saturated carbocycles. The molecule has 0 aromatic rings. The van der Waals surface area contributed by atoms with Crippen LogP contribution in [0, 0.1) is 5.92 Å². The van der Waals surface area contributed by atoms with E-state index in [1.165, 1.54) is 6.42 Å². The normalized spacial score (nSPS) is 20.4. The number of urea groups is 1. The van der Waals surface area contributed by atoms with E-state index >= 15 is 0 Å². The van der Waals surface area contributed by atoms with Gasteiger partial charge in [-0.05, 0) is 46.5 Å². The zero-order valence-electron chi connectivity index (χ0n) is 13.3. The first-order valence-electron chi connectivity index (χ1n) is 7.70. The molecule has 1 aliphatic heterocycles. The predicted octanol–water partition coefficient (Wildman–Crippen LogP) is 2.55. The third-order valence-electron chi connectivity index (χ3n) is 3.92. The van der Waals surface area contributed by atoms with Gasteiger partial charge in [-0.1, -0.05) is 6.92 Å². The third-order valence-corrected chi connectivity index (χ3v) is 3.92. The van der Waals surface area contributed by atoms with Gasteiger partial charge in [-0.15, -0.1) is 0 Å². The molecule has 1 aliphatic rings. The van der Waals surface area contributed by atoms with E-state index in [-0.39, 0.29) is 6.03 Å². The SMILES string of the molecule is CC1CCCN(C(=O)NCCN(C(C)C)C(C)C)C1. The molecule has 2 amide bonds. The van der Waals surface area contributed by atoms with Crippen molar-refractivity contribution in [2.24, 2.45) is 5.92 Å². The second-order valence-corrected chi connectivity index (χ2v) is 6.35. The number of amides is 2. The molecular weight excluding hydrogens is 238 g/mol. The van der Waals surface area contributed by atoms with Gasteiger partial charge in [0.05, 0.1) is 0 Å². The Morgan fingerprint density at radius 2 is 1.95 bits per heavy atom. The van der Waals surface area contributed by atoms with Crippen LogP contribution in [0.15, 0.2) is 0 Å². The lowest BCUT2D eigenvalue weighted by Crippen LogP contribution is -2.48. The molecule has 1 unspecified atom stereocenters. The first-order chi connectivity index (χ1) is 8.91. The van der Waals surface area contributed by atoms with Crippen LogP contribution >= 0.6 is 0 Å². The molecule has 4 heteroatoms. The van der Waals surface area contributed by atoms with E-state index in [0.29, 0.717) is 18.0 Å². The average molecular weight is 269 g/mol. The monoisotopic (exact) mass is 269 g/mol. The van der Waals surface area contributed by atoms with E-state index in [1.54, 1.807) is 0 Å². The minimum atomic E-state index is 0.110. The molecule has 1 heterocycles. The third kappa shape index (κ3) is 5.39. The maximum atomic E-state index is 12.1. The van der Waals surface area contributed by atoms with Gasteiger partial charge in [0, 0.05) is 38.3 Å². The van der Waals surface area contributed by atoms with Crippen molar-refractivity contribution in [3.63, 3.8) is 0 Å². The van der Waals surface area contributed by atoms with E-state index in [9.17, 15) is 4.79 Å². The lowest BCUT2D eigenvalue weighted by atomic mass is 10.0. The second kappa shape index (κ2) is 7.73. The lowest BCUT2D eigenvalue weighted by Gasteiger charge is -2.33. The summed E-state index contributed by atoms with van der Waals surface area (Å²) >= 11 is 0. The number of carbonyl (C=O) groups excluding carboxylic acids is 1. The van der Waals surface area contributed by atoms with Gasteiger partial charge in [0.15, 0.2) is 0 Å². The Morgan fingerprint density at radius 1 is 1.32 bits per heavy atom. The molecule has 4 nitrogen and oxygen atoms in total. The largest absolute Gasteiger partial charge is 0.337 e. The first-order valence-corrected chi connectivity index (χ1v) is 7.70. The Morgan fingerprint density at radius 3 is 2.47 bits per heavy atom. The molecular formula is C15H31N3O. The van der Waals surface area contributed by atoms with E-state index in [2.05, 4.69) is 44.8 Å². The van der Waals surface area contributed by atoms with E-state index in [0.717, 1.165) is 32.6 Å². The molecule has 112 valence electrons. The van der Waals surface area contributed by atoms with Crippen LogP contribution in [0.1, 0.15) is 47.5 Å². The van der Waals surface area contributed by atoms with Crippen LogP contribution in [0.4, 0.5) is 4.79 Å². The quantitative estimate of drug-likeness (QED) is 0.832. The molecule has 1 saturated heterocycles. The van der Waals surface area contributed by atoms with E-state index in [4.69, 9.17) is 0 Å². The van der Waals surface area contributed by atoms with Crippen molar-refractivity contribution in [3.05, 3.63) is 0 Å². The van der Waals surface area contributed by atoms with Gasteiger partial charge in [-0.2, -0.15) is 0 Å². The average Bonchev–Trinajstić information content (AvgIpc) is 2.33. The standard InChI is InChI=1S/C15H31N3O/c1-12(2)18(13(3)4)10-8-16-15(19)17-9-6-7-14(5)11-17/h12-14H,6-11H2,1-5H3,(H,16,19). The molecule has 19 heavy (non-hydrogen) atoms. The molecule has 0 aliphatic carbocycles. The Balaban J connectivity index is 2.29. The van der Waals surface area contributed by atoms with Crippen LogP contribution in [0.2, 0.25) is 0 Å². The van der Waals surface area contributed by atoms with Crippen molar-refractivity contribution in [2.45, 2.75) is 59.5 Å². The number of likely N-dealkylation sites (tertiary alicyclic amines) is 1. The number of carbonyl (C=O) groups is 1. The lowest BCUT2D eigenvalue weighted by molar-refractivity contribution is 0.157. The van der Waals surface area contributed by atoms with Crippen LogP contribution in [-0.2, 0) is 0 Å². The topological polar surface area (TPSA) is 35.6 Å². The Bertz CT molecular complexity index is 271. The van der Waals surface area contributed by atoms with Gasteiger partial charge in [-0.25, -0.2) is 4.79 Å². The van der Waals surface area contributed by atoms with Gasteiger partial charge in [0.2, 0.25) is 0 Å². The molecule has 1 rings (SSSR count). The highest BCUT2D eigenvalue weighted by Gasteiger charge is 2.21. The highest BCUT2D eigenvalue weighted by Crippen LogP contribution is 2.15. The maximum absolute atomic E-state index is 12.1. The summed E-state index contributed by atoms with van der Waals surface area (Å²) in [7, 11) is 0. The number of piperidine rings is 1. The summed E-state index contributed by atoms with van der Waals surface area (Å²) in [6, 6.07) is 1.15. The van der Waals surface area contributed by atoms with Crippen molar-refractivity contribution in [1.29, 1.82) is 0 Å². The van der Waals surface area contributed by atoms with Crippen molar-refractivity contribution in [1.82, 2.24) is 15.1 Å². The predicted molar refractivity (Wildman–Crippen MR) is 80.3 cm³/mol. The number of hydrogen-bond acceptors (Lipinski definition) is 2. The van der Waals surface area contributed by atoms with Crippen LogP contribution in [-0.4, -0.2) is 54.1 Å². The highest BCUT2D eigenvalue weighted by atomic mass is 16.2. The van der Waals surface area contributed by atoms with Crippen molar-refractivity contribution >= 4 is 6.03 Å². The van der Waals surface area contributed by atoms with Crippen LogP contribution in [0.5, 0.6) is 0 Å². The van der Waals surface area contributed by atoms with Gasteiger partial charge < -0.3 is 10.2 Å². The molecule has 0 radical (unpaired) electrons. The zero-order valence-corrected chi connectivity index (χ0v) is 13.3. The Hall–Kier alpha value is -0.770. The minimum Gasteiger partial charge on any atom is -0.337 e. The fourth-order valence-corrected chi connectivity index (χ4v) is 2.89. The Labute approximate surface area is 118 Å². The zero-order chi connectivity index (χ0) is 14.4. The van der Waals surface area contributed by atoms with Gasteiger partial charge in [0.25, 0.3) is 0 Å². The van der Waals surface area contributed by atoms with Gasteiger partial charge >= 0.3 is 6.03 Å². The summed E-state index contributed by atoms with van der Waals surface area (Å²) in [6.45, 7) is 14.5. The summed E-state index contributed by atoms with van der Waals surface area (Å²) in [5.74, 6) is 0.641. The smallest absolute Gasteiger partial charge is 0.317 e. The van der Waals surface area contributed by atoms with Crippen LogP contribution in [0.3, 0.4) is 0 Å². The highest BCUT2D eigenvalue weighted by molar-refractivity contribution is 5.74. The number of nitrogens with zero attached hydrogens (tertiary/aromatic N) is 2. The van der Waals surface area contributed by atoms with Crippen LogP contribution in [0.25, 0.3) is 0 Å². The minimum absolute atomic E-state index is 0.110. The Kier molecular flexibility index (Phi) is 6.63. The molecule has 1 atom stereocenters. The molecule has 0 spiro atoms. The summed E-state index contributed by atoms with van der Waals surface area (Å²) in [5.41, 5.74) is 0. The molecule has 0 aromatic heterocycles. The summed E-state index contributed by atoms with van der Waals surface area (Å²) in [4.78, 5) is 16.4. The summed E-state index contributed by atoms with van der Waals surface area (Å²) < 4.78 is 0. The van der Waals surface area contributed by atoms with Crippen LogP contribution < -0.4 is 5.32 Å². The fraction of sp³-hybridized carbons (Fsp3) is 0.933. The summed E-state index contributed by atoms with van der Waals surface area (Å²) in [5, 5.41) is 3.06. The first kappa shape index (κ1) is 16.3. The van der Waals surface area contributed by atoms with Crippen molar-refractivity contribution in [3.8, 4) is 0 Å². The van der Waals surface area contributed by atoms with Crippen molar-refractivity contribution < 1.29 is 4.79 Å². The molecule has 1 N–H and O–H groups in total. The molecule has 0 bridgehead atoms.